The Bertz CT molecular complexity index is 357. The highest BCUT2D eigenvalue weighted by atomic mass is 16.3. The molecule has 0 aliphatic rings. The fourth-order valence-electron chi connectivity index (χ4n) is 2.17. The maximum Gasteiger partial charge on any atom is 0.118 e. The van der Waals surface area contributed by atoms with E-state index in [1.54, 1.807) is 0 Å². The Hall–Kier alpha value is -0.800. The van der Waals surface area contributed by atoms with Crippen LogP contribution in [0.5, 0.6) is 0 Å². The third-order valence-corrected chi connectivity index (χ3v) is 3.37. The number of nitrogens with one attached hydrogen (secondary N) is 1. The molecule has 1 heterocycles. The van der Waals surface area contributed by atoms with E-state index in [2.05, 4.69) is 64.0 Å². The van der Waals surface area contributed by atoms with Gasteiger partial charge in [0.15, 0.2) is 0 Å². The second kappa shape index (κ2) is 7.71. The highest BCUT2D eigenvalue weighted by Gasteiger charge is 2.13. The summed E-state index contributed by atoms with van der Waals surface area (Å²) in [6.07, 6.45) is 1.22. The van der Waals surface area contributed by atoms with Crippen LogP contribution >= 0.6 is 0 Å². The monoisotopic (exact) mass is 266 g/mol. The molecule has 3 heteroatoms. The molecule has 0 amide bonds. The molecule has 110 valence electrons. The van der Waals surface area contributed by atoms with Gasteiger partial charge in [-0.25, -0.2) is 0 Å². The van der Waals surface area contributed by atoms with Gasteiger partial charge in [0, 0.05) is 12.1 Å². The largest absolute Gasteiger partial charge is 0.463 e. The van der Waals surface area contributed by atoms with Crippen LogP contribution in [0.2, 0.25) is 0 Å². The van der Waals surface area contributed by atoms with E-state index in [0.717, 1.165) is 30.5 Å². The molecule has 0 aliphatic carbocycles. The molecule has 19 heavy (non-hydrogen) atoms. The number of furan rings is 1. The zero-order valence-electron chi connectivity index (χ0n) is 13.4. The minimum Gasteiger partial charge on any atom is -0.463 e. The lowest BCUT2D eigenvalue weighted by Gasteiger charge is -2.25. The van der Waals surface area contributed by atoms with Gasteiger partial charge in [0.2, 0.25) is 0 Å². The number of rotatable bonds is 8. The number of hydrogen-bond donors (Lipinski definition) is 1. The lowest BCUT2D eigenvalue weighted by Crippen LogP contribution is -2.29. The molecule has 0 aliphatic heterocycles. The first-order chi connectivity index (χ1) is 8.88. The Morgan fingerprint density at radius 1 is 1.11 bits per heavy atom. The van der Waals surface area contributed by atoms with E-state index < -0.39 is 0 Å². The zero-order valence-corrected chi connectivity index (χ0v) is 13.4. The van der Waals surface area contributed by atoms with Crippen molar-refractivity contribution in [2.24, 2.45) is 5.92 Å². The smallest absolute Gasteiger partial charge is 0.118 e. The quantitative estimate of drug-likeness (QED) is 0.778. The summed E-state index contributed by atoms with van der Waals surface area (Å²) in [5.74, 6) is 2.81. The summed E-state index contributed by atoms with van der Waals surface area (Å²) in [7, 11) is 2.17. The molecule has 1 aromatic heterocycles. The predicted molar refractivity (Wildman–Crippen MR) is 81.1 cm³/mol. The van der Waals surface area contributed by atoms with E-state index in [-0.39, 0.29) is 0 Å². The van der Waals surface area contributed by atoms with Crippen molar-refractivity contribution in [1.82, 2.24) is 10.2 Å². The molecular formula is C16H30N2O. The topological polar surface area (TPSA) is 28.4 Å². The van der Waals surface area contributed by atoms with Crippen molar-refractivity contribution >= 4 is 0 Å². The molecule has 1 atom stereocenters. The molecule has 3 nitrogen and oxygen atoms in total. The molecule has 0 bridgehead atoms. The van der Waals surface area contributed by atoms with Crippen LogP contribution in [0.1, 0.15) is 52.6 Å². The van der Waals surface area contributed by atoms with E-state index in [1.165, 1.54) is 6.42 Å². The fraction of sp³-hybridized carbons (Fsp3) is 0.750. The average Bonchev–Trinajstić information content (AvgIpc) is 2.73. The van der Waals surface area contributed by atoms with Gasteiger partial charge in [0.05, 0.1) is 13.1 Å². The lowest BCUT2D eigenvalue weighted by molar-refractivity contribution is 0.203. The first-order valence-electron chi connectivity index (χ1n) is 7.39. The molecule has 0 spiro atoms. The molecule has 0 saturated carbocycles. The Morgan fingerprint density at radius 2 is 1.74 bits per heavy atom. The summed E-state index contributed by atoms with van der Waals surface area (Å²) >= 11 is 0. The van der Waals surface area contributed by atoms with Crippen molar-refractivity contribution in [2.75, 3.05) is 7.05 Å². The van der Waals surface area contributed by atoms with Crippen molar-refractivity contribution < 1.29 is 4.42 Å². The first kappa shape index (κ1) is 16.3. The lowest BCUT2D eigenvalue weighted by atomic mass is 10.0. The van der Waals surface area contributed by atoms with Crippen LogP contribution in [0.25, 0.3) is 0 Å². The Labute approximate surface area is 118 Å². The van der Waals surface area contributed by atoms with Gasteiger partial charge in [-0.2, -0.15) is 0 Å². The van der Waals surface area contributed by atoms with Crippen molar-refractivity contribution in [3.63, 3.8) is 0 Å². The summed E-state index contributed by atoms with van der Waals surface area (Å²) in [6.45, 7) is 12.8. The van der Waals surface area contributed by atoms with Gasteiger partial charge in [0.1, 0.15) is 11.5 Å². The van der Waals surface area contributed by atoms with Crippen LogP contribution in [-0.2, 0) is 13.1 Å². The molecule has 0 saturated heterocycles. The minimum atomic E-state index is 0.488. The maximum absolute atomic E-state index is 5.86. The Kier molecular flexibility index (Phi) is 6.59. The zero-order chi connectivity index (χ0) is 14.4. The average molecular weight is 266 g/mol. The highest BCUT2D eigenvalue weighted by molar-refractivity contribution is 5.07. The van der Waals surface area contributed by atoms with Crippen molar-refractivity contribution in [3.8, 4) is 0 Å². The van der Waals surface area contributed by atoms with Crippen LogP contribution in [0.15, 0.2) is 16.5 Å². The minimum absolute atomic E-state index is 0.488. The summed E-state index contributed by atoms with van der Waals surface area (Å²) in [6, 6.07) is 5.24. The van der Waals surface area contributed by atoms with Crippen molar-refractivity contribution in [2.45, 2.75) is 66.2 Å². The van der Waals surface area contributed by atoms with E-state index >= 15 is 0 Å². The molecule has 0 aromatic carbocycles. The van der Waals surface area contributed by atoms with Gasteiger partial charge in [-0.1, -0.05) is 27.7 Å². The van der Waals surface area contributed by atoms with Gasteiger partial charge < -0.3 is 9.73 Å². The molecule has 1 aromatic rings. The third kappa shape index (κ3) is 6.26. The van der Waals surface area contributed by atoms with Crippen molar-refractivity contribution in [1.29, 1.82) is 0 Å². The molecule has 0 fully saturated rings. The van der Waals surface area contributed by atoms with Crippen LogP contribution in [0, 0.1) is 5.92 Å². The second-order valence-corrected chi connectivity index (χ2v) is 6.30. The van der Waals surface area contributed by atoms with Gasteiger partial charge in [-0.3, -0.25) is 4.90 Å². The predicted octanol–water partition coefficient (Wildman–Crippen LogP) is 3.64. The van der Waals surface area contributed by atoms with Gasteiger partial charge in [-0.15, -0.1) is 0 Å². The van der Waals surface area contributed by atoms with Gasteiger partial charge >= 0.3 is 0 Å². The molecule has 1 unspecified atom stereocenters. The van der Waals surface area contributed by atoms with Crippen LogP contribution < -0.4 is 5.32 Å². The SMILES string of the molecule is CC(C)CC(C)N(C)Cc1ccc(CNC(C)C)o1. The number of hydrogen-bond acceptors (Lipinski definition) is 3. The Balaban J connectivity index is 2.44. The van der Waals surface area contributed by atoms with E-state index in [9.17, 15) is 0 Å². The van der Waals surface area contributed by atoms with E-state index in [0.29, 0.717) is 12.1 Å². The van der Waals surface area contributed by atoms with Gasteiger partial charge in [-0.05, 0) is 38.4 Å². The fourth-order valence-corrected chi connectivity index (χ4v) is 2.17. The molecule has 0 radical (unpaired) electrons. The summed E-state index contributed by atoms with van der Waals surface area (Å²) in [5.41, 5.74) is 0. The Morgan fingerprint density at radius 3 is 2.32 bits per heavy atom. The standard InChI is InChI=1S/C16H30N2O/c1-12(2)9-14(5)18(6)11-16-8-7-15(19-16)10-17-13(3)4/h7-8,12-14,17H,9-11H2,1-6H3. The van der Waals surface area contributed by atoms with E-state index in [4.69, 9.17) is 4.42 Å². The highest BCUT2D eigenvalue weighted by Crippen LogP contribution is 2.15. The molecule has 1 N–H and O–H groups in total. The summed E-state index contributed by atoms with van der Waals surface area (Å²) in [4.78, 5) is 2.36. The third-order valence-electron chi connectivity index (χ3n) is 3.37. The van der Waals surface area contributed by atoms with E-state index in [1.807, 2.05) is 0 Å². The van der Waals surface area contributed by atoms with Gasteiger partial charge in [0.25, 0.3) is 0 Å². The summed E-state index contributed by atoms with van der Waals surface area (Å²) in [5, 5.41) is 3.37. The number of nitrogens with zero attached hydrogens (tertiary/aromatic N) is 1. The first-order valence-corrected chi connectivity index (χ1v) is 7.39. The second-order valence-electron chi connectivity index (χ2n) is 6.30. The molecular weight excluding hydrogens is 236 g/mol. The maximum atomic E-state index is 5.86. The van der Waals surface area contributed by atoms with Crippen molar-refractivity contribution in [3.05, 3.63) is 23.7 Å². The van der Waals surface area contributed by atoms with Crippen LogP contribution in [0.3, 0.4) is 0 Å². The van der Waals surface area contributed by atoms with Crippen LogP contribution in [0.4, 0.5) is 0 Å². The normalized spacial score (nSPS) is 13.7. The summed E-state index contributed by atoms with van der Waals surface area (Å²) < 4.78 is 5.86. The molecule has 1 rings (SSSR count). The van der Waals surface area contributed by atoms with Crippen LogP contribution in [-0.4, -0.2) is 24.0 Å².